The number of piperidine rings is 1. The summed E-state index contributed by atoms with van der Waals surface area (Å²) in [5.74, 6) is 0.644. The van der Waals surface area contributed by atoms with Gasteiger partial charge in [0.1, 0.15) is 6.10 Å². The minimum Gasteiger partial charge on any atom is -0.462 e. The van der Waals surface area contributed by atoms with Crippen LogP contribution in [0.1, 0.15) is 74.7 Å². The van der Waals surface area contributed by atoms with Crippen molar-refractivity contribution in [2.24, 2.45) is 17.8 Å². The lowest BCUT2D eigenvalue weighted by molar-refractivity contribution is -0.260. The lowest BCUT2D eigenvalue weighted by Crippen LogP contribution is -2.60. The molecule has 1 fully saturated rings. The molecule has 0 saturated carbocycles. The van der Waals surface area contributed by atoms with E-state index in [0.717, 1.165) is 6.42 Å². The van der Waals surface area contributed by atoms with E-state index in [2.05, 4.69) is 27.7 Å². The summed E-state index contributed by atoms with van der Waals surface area (Å²) in [4.78, 5) is 12.6. The van der Waals surface area contributed by atoms with E-state index in [4.69, 9.17) is 4.74 Å². The van der Waals surface area contributed by atoms with Gasteiger partial charge in [0.15, 0.2) is 0 Å². The molecule has 1 aliphatic heterocycles. The fourth-order valence-corrected chi connectivity index (χ4v) is 3.66. The Morgan fingerprint density at radius 1 is 1.14 bits per heavy atom. The number of rotatable bonds is 5. The number of hydroxylamine groups is 2. The zero-order valence-corrected chi connectivity index (χ0v) is 15.6. The molecular formula is C18H35NO3. The number of hydrogen-bond acceptors (Lipinski definition) is 4. The Labute approximate surface area is 136 Å². The van der Waals surface area contributed by atoms with E-state index in [0.29, 0.717) is 18.8 Å². The summed E-state index contributed by atoms with van der Waals surface area (Å²) >= 11 is 0. The summed E-state index contributed by atoms with van der Waals surface area (Å²) in [6.45, 7) is 16.4. The fraction of sp³-hybridized carbons (Fsp3) is 0.944. The van der Waals surface area contributed by atoms with Gasteiger partial charge in [0, 0.05) is 23.9 Å². The molecule has 0 aromatic heterocycles. The van der Waals surface area contributed by atoms with Gasteiger partial charge in [-0.2, -0.15) is 5.06 Å². The molecule has 1 unspecified atom stereocenters. The first kappa shape index (κ1) is 19.4. The third-order valence-corrected chi connectivity index (χ3v) is 4.72. The molecule has 0 spiro atoms. The molecule has 0 radical (unpaired) electrons. The number of carbonyl (C=O) groups is 1. The third kappa shape index (κ3) is 4.69. The molecule has 1 aliphatic rings. The number of ether oxygens (including phenoxy) is 1. The van der Waals surface area contributed by atoms with Gasteiger partial charge in [-0.3, -0.25) is 4.79 Å². The normalized spacial score (nSPS) is 23.8. The topological polar surface area (TPSA) is 49.8 Å². The molecule has 0 aliphatic carbocycles. The van der Waals surface area contributed by atoms with Crippen LogP contribution >= 0.6 is 0 Å². The first-order valence-electron chi connectivity index (χ1n) is 8.56. The first-order chi connectivity index (χ1) is 9.86. The van der Waals surface area contributed by atoms with Gasteiger partial charge < -0.3 is 9.94 Å². The van der Waals surface area contributed by atoms with Crippen LogP contribution in [0, 0.1) is 17.8 Å². The molecule has 1 atom stereocenters. The van der Waals surface area contributed by atoms with Crippen molar-refractivity contribution in [2.45, 2.75) is 91.8 Å². The van der Waals surface area contributed by atoms with Crippen LogP contribution in [0.4, 0.5) is 0 Å². The van der Waals surface area contributed by atoms with Crippen LogP contribution in [-0.2, 0) is 9.53 Å². The second-order valence-corrected chi connectivity index (χ2v) is 8.88. The highest BCUT2D eigenvalue weighted by atomic mass is 16.5. The van der Waals surface area contributed by atoms with Crippen LogP contribution in [0.5, 0.6) is 0 Å². The third-order valence-electron chi connectivity index (χ3n) is 4.72. The van der Waals surface area contributed by atoms with Crippen molar-refractivity contribution in [3.05, 3.63) is 0 Å². The highest BCUT2D eigenvalue weighted by Gasteiger charge is 2.46. The van der Waals surface area contributed by atoms with Crippen LogP contribution in [0.3, 0.4) is 0 Å². The Hall–Kier alpha value is -0.610. The van der Waals surface area contributed by atoms with Gasteiger partial charge in [0.05, 0.1) is 5.92 Å². The monoisotopic (exact) mass is 313 g/mol. The van der Waals surface area contributed by atoms with E-state index in [-0.39, 0.29) is 23.9 Å². The Morgan fingerprint density at radius 3 is 1.95 bits per heavy atom. The summed E-state index contributed by atoms with van der Waals surface area (Å²) < 4.78 is 5.86. The van der Waals surface area contributed by atoms with E-state index >= 15 is 0 Å². The number of esters is 1. The molecular weight excluding hydrogens is 278 g/mol. The van der Waals surface area contributed by atoms with Gasteiger partial charge >= 0.3 is 5.97 Å². The Bertz CT molecular complexity index is 370. The van der Waals surface area contributed by atoms with E-state index in [1.54, 1.807) is 0 Å². The van der Waals surface area contributed by atoms with Gasteiger partial charge in [-0.05, 0) is 46.0 Å². The van der Waals surface area contributed by atoms with Crippen molar-refractivity contribution in [1.29, 1.82) is 0 Å². The van der Waals surface area contributed by atoms with Crippen molar-refractivity contribution in [1.82, 2.24) is 5.06 Å². The predicted molar refractivity (Wildman–Crippen MR) is 88.7 cm³/mol. The van der Waals surface area contributed by atoms with Crippen LogP contribution in [0.15, 0.2) is 0 Å². The van der Waals surface area contributed by atoms with Crippen molar-refractivity contribution in [3.8, 4) is 0 Å². The Kier molecular flexibility index (Phi) is 6.07. The largest absolute Gasteiger partial charge is 0.462 e. The van der Waals surface area contributed by atoms with E-state index in [1.807, 2.05) is 27.7 Å². The highest BCUT2D eigenvalue weighted by molar-refractivity contribution is 5.73. The lowest BCUT2D eigenvalue weighted by Gasteiger charge is -2.51. The molecule has 4 nitrogen and oxygen atoms in total. The number of carbonyl (C=O) groups excluding carboxylic acids is 1. The lowest BCUT2D eigenvalue weighted by atomic mass is 9.80. The van der Waals surface area contributed by atoms with Gasteiger partial charge in [0.2, 0.25) is 0 Å². The average Bonchev–Trinajstić information content (AvgIpc) is 2.31. The molecule has 1 N–H and O–H groups in total. The molecule has 0 amide bonds. The van der Waals surface area contributed by atoms with Gasteiger partial charge in [-0.15, -0.1) is 0 Å². The van der Waals surface area contributed by atoms with E-state index < -0.39 is 11.1 Å². The van der Waals surface area contributed by atoms with Crippen LogP contribution < -0.4 is 0 Å². The van der Waals surface area contributed by atoms with Crippen molar-refractivity contribution in [2.75, 3.05) is 0 Å². The average molecular weight is 313 g/mol. The second-order valence-electron chi connectivity index (χ2n) is 8.88. The molecule has 1 rings (SSSR count). The molecule has 0 aromatic carbocycles. The summed E-state index contributed by atoms with van der Waals surface area (Å²) in [5.41, 5.74) is -0.782. The highest BCUT2D eigenvalue weighted by Crippen LogP contribution is 2.38. The minimum absolute atomic E-state index is 0.0432. The summed E-state index contributed by atoms with van der Waals surface area (Å²) in [7, 11) is 0. The predicted octanol–water partition coefficient (Wildman–Crippen LogP) is 4.26. The zero-order chi connectivity index (χ0) is 17.3. The number of hydrogen-bond donors (Lipinski definition) is 1. The zero-order valence-electron chi connectivity index (χ0n) is 15.6. The fourth-order valence-electron chi connectivity index (χ4n) is 3.66. The Balaban J connectivity index is 2.79. The maximum atomic E-state index is 12.6. The second kappa shape index (κ2) is 6.88. The van der Waals surface area contributed by atoms with Gasteiger partial charge in [-0.25, -0.2) is 0 Å². The number of nitrogens with zero attached hydrogens (tertiary/aromatic N) is 1. The van der Waals surface area contributed by atoms with E-state index in [9.17, 15) is 10.0 Å². The van der Waals surface area contributed by atoms with Crippen molar-refractivity contribution >= 4 is 5.97 Å². The van der Waals surface area contributed by atoms with E-state index in [1.165, 1.54) is 5.06 Å². The van der Waals surface area contributed by atoms with Crippen LogP contribution in [-0.4, -0.2) is 33.4 Å². The quantitative estimate of drug-likeness (QED) is 0.771. The SMILES string of the molecule is CC(C)CC(C(=O)OC1CC(C)(C)N(O)C(C)(C)C1)C(C)C. The molecule has 1 heterocycles. The molecule has 1 saturated heterocycles. The maximum Gasteiger partial charge on any atom is 0.309 e. The maximum absolute atomic E-state index is 12.6. The molecule has 4 heteroatoms. The Morgan fingerprint density at radius 2 is 1.59 bits per heavy atom. The molecule has 0 bridgehead atoms. The molecule has 22 heavy (non-hydrogen) atoms. The summed E-state index contributed by atoms with van der Waals surface area (Å²) in [6.07, 6.45) is 2.05. The smallest absolute Gasteiger partial charge is 0.309 e. The van der Waals surface area contributed by atoms with Gasteiger partial charge in [0.25, 0.3) is 0 Å². The molecule has 0 aromatic rings. The minimum atomic E-state index is -0.391. The summed E-state index contributed by atoms with van der Waals surface area (Å²) in [6, 6.07) is 0. The standard InChI is InChI=1S/C18H35NO3/c1-12(2)9-15(13(3)4)16(20)22-14-10-17(5,6)19(21)18(7,8)11-14/h12-15,21H,9-11H2,1-8H3. The molecule has 130 valence electrons. The van der Waals surface area contributed by atoms with Gasteiger partial charge in [-0.1, -0.05) is 27.7 Å². The first-order valence-corrected chi connectivity index (χ1v) is 8.56. The van der Waals surface area contributed by atoms with Crippen LogP contribution in [0.2, 0.25) is 0 Å². The van der Waals surface area contributed by atoms with Crippen molar-refractivity contribution in [3.63, 3.8) is 0 Å². The van der Waals surface area contributed by atoms with Crippen molar-refractivity contribution < 1.29 is 14.7 Å². The summed E-state index contributed by atoms with van der Waals surface area (Å²) in [5, 5.41) is 11.7. The van der Waals surface area contributed by atoms with Crippen LogP contribution in [0.25, 0.3) is 0 Å².